The fourth-order valence-electron chi connectivity index (χ4n) is 5.34. The SMILES string of the molecule is FC(F)(F)C(F)(F)c1c2cc3ccccc3cc2c(C(F)(F)C(F)(F)C(F)(F)C(F)(F)C(F)(F)C(F)(F)F)c2cc3ccccc3cc12. The lowest BCUT2D eigenvalue weighted by Crippen LogP contribution is -2.69. The van der Waals surface area contributed by atoms with Gasteiger partial charge in [0.05, 0.1) is 0 Å². The van der Waals surface area contributed by atoms with Crippen LogP contribution in [-0.2, 0) is 11.8 Å². The number of alkyl halides is 18. The molecular formula is C30H12F18. The van der Waals surface area contributed by atoms with Gasteiger partial charge in [-0.05, 0) is 67.4 Å². The standard InChI is InChI=1S/C30H12F18/c31-23(32,25(35,36)26(37,38)27(39,40)28(41,42)30(46,47)48)21-17-9-13-5-1-3-7-15(13)11-19(17)22(24(33,34)29(43,44)45)20-12-16-8-4-2-6-14(16)10-18(20)21/h1-12H. The largest absolute Gasteiger partial charge is 0.460 e. The average molecular weight is 714 g/mol. The zero-order chi connectivity index (χ0) is 36.3. The van der Waals surface area contributed by atoms with Gasteiger partial charge >= 0.3 is 47.9 Å². The van der Waals surface area contributed by atoms with Crippen LogP contribution in [0.4, 0.5) is 79.0 Å². The molecule has 0 aromatic heterocycles. The van der Waals surface area contributed by atoms with Crippen molar-refractivity contribution in [3.63, 3.8) is 0 Å². The molecule has 18 heteroatoms. The summed E-state index contributed by atoms with van der Waals surface area (Å²) in [5.74, 6) is -45.5. The van der Waals surface area contributed by atoms with Crippen LogP contribution in [0.3, 0.4) is 0 Å². The highest BCUT2D eigenvalue weighted by atomic mass is 19.4. The van der Waals surface area contributed by atoms with Crippen LogP contribution in [0, 0.1) is 0 Å². The molecule has 258 valence electrons. The number of fused-ring (bicyclic) bond motifs is 4. The van der Waals surface area contributed by atoms with Crippen molar-refractivity contribution in [2.24, 2.45) is 0 Å². The van der Waals surface area contributed by atoms with Crippen LogP contribution in [0.15, 0.2) is 72.8 Å². The summed E-state index contributed by atoms with van der Waals surface area (Å²) in [6.07, 6.45) is -14.2. The highest BCUT2D eigenvalue weighted by Crippen LogP contribution is 2.64. The van der Waals surface area contributed by atoms with Gasteiger partial charge in [-0.25, -0.2) is 0 Å². The summed E-state index contributed by atoms with van der Waals surface area (Å²) >= 11 is 0. The van der Waals surface area contributed by atoms with E-state index in [0.717, 1.165) is 48.5 Å². The molecule has 0 saturated heterocycles. The first-order valence-corrected chi connectivity index (χ1v) is 12.9. The lowest BCUT2D eigenvalue weighted by molar-refractivity contribution is -0.441. The van der Waals surface area contributed by atoms with E-state index in [1.54, 1.807) is 0 Å². The molecule has 5 aromatic carbocycles. The molecule has 0 atom stereocenters. The number of halogens is 18. The third-order valence-electron chi connectivity index (χ3n) is 7.77. The monoisotopic (exact) mass is 714 g/mol. The minimum Gasteiger partial charge on any atom is -0.194 e. The van der Waals surface area contributed by atoms with Crippen LogP contribution in [-0.4, -0.2) is 36.0 Å². The maximum absolute atomic E-state index is 16.1. The van der Waals surface area contributed by atoms with Crippen LogP contribution < -0.4 is 0 Å². The zero-order valence-electron chi connectivity index (χ0n) is 22.7. The van der Waals surface area contributed by atoms with Crippen molar-refractivity contribution >= 4 is 43.1 Å². The smallest absolute Gasteiger partial charge is 0.194 e. The minimum atomic E-state index is -8.28. The molecule has 0 N–H and O–H groups in total. The van der Waals surface area contributed by atoms with E-state index >= 15 is 26.3 Å². The lowest BCUT2D eigenvalue weighted by atomic mass is 9.81. The summed E-state index contributed by atoms with van der Waals surface area (Å²) in [4.78, 5) is 0. The van der Waals surface area contributed by atoms with E-state index in [-0.39, 0.29) is 22.9 Å². The van der Waals surface area contributed by atoms with Crippen molar-refractivity contribution in [3.05, 3.63) is 83.9 Å². The van der Waals surface area contributed by atoms with E-state index in [1.807, 2.05) is 0 Å². The van der Waals surface area contributed by atoms with E-state index in [1.165, 1.54) is 0 Å². The molecule has 0 spiro atoms. The molecule has 0 fully saturated rings. The second-order valence-corrected chi connectivity index (χ2v) is 10.7. The van der Waals surface area contributed by atoms with Crippen molar-refractivity contribution in [3.8, 4) is 0 Å². The molecule has 5 aromatic rings. The number of benzene rings is 5. The van der Waals surface area contributed by atoms with Gasteiger partial charge in [-0.1, -0.05) is 48.5 Å². The van der Waals surface area contributed by atoms with Crippen molar-refractivity contribution in [2.45, 2.75) is 47.9 Å². The van der Waals surface area contributed by atoms with E-state index < -0.39 is 91.3 Å². The van der Waals surface area contributed by atoms with Gasteiger partial charge in [0.25, 0.3) is 0 Å². The second kappa shape index (κ2) is 10.2. The Bertz CT molecular complexity index is 1970. The van der Waals surface area contributed by atoms with Gasteiger partial charge in [-0.15, -0.1) is 0 Å². The Hall–Kier alpha value is -4.12. The van der Waals surface area contributed by atoms with E-state index in [4.69, 9.17) is 0 Å². The molecule has 0 saturated carbocycles. The first-order valence-electron chi connectivity index (χ1n) is 12.9. The minimum absolute atomic E-state index is 0.259. The topological polar surface area (TPSA) is 0 Å². The Labute approximate surface area is 254 Å². The molecule has 0 aliphatic carbocycles. The molecule has 0 radical (unpaired) electrons. The van der Waals surface area contributed by atoms with Crippen LogP contribution in [0.2, 0.25) is 0 Å². The van der Waals surface area contributed by atoms with Gasteiger partial charge in [0.1, 0.15) is 0 Å². The molecule has 0 aliphatic heterocycles. The Morgan fingerprint density at radius 1 is 0.292 bits per heavy atom. The molecule has 0 aliphatic rings. The van der Waals surface area contributed by atoms with Gasteiger partial charge in [-0.2, -0.15) is 79.0 Å². The third-order valence-corrected chi connectivity index (χ3v) is 7.77. The van der Waals surface area contributed by atoms with E-state index in [2.05, 4.69) is 0 Å². The maximum Gasteiger partial charge on any atom is 0.460 e. The van der Waals surface area contributed by atoms with Crippen LogP contribution >= 0.6 is 0 Å². The number of hydrogen-bond donors (Lipinski definition) is 0. The van der Waals surface area contributed by atoms with Crippen molar-refractivity contribution in [1.82, 2.24) is 0 Å². The fourth-order valence-corrected chi connectivity index (χ4v) is 5.34. The van der Waals surface area contributed by atoms with Gasteiger partial charge < -0.3 is 0 Å². The van der Waals surface area contributed by atoms with Gasteiger partial charge in [0.2, 0.25) is 0 Å². The van der Waals surface area contributed by atoms with Gasteiger partial charge in [-0.3, -0.25) is 0 Å². The van der Waals surface area contributed by atoms with E-state index in [0.29, 0.717) is 12.1 Å². The average Bonchev–Trinajstić information content (AvgIpc) is 2.95. The third kappa shape index (κ3) is 4.56. The van der Waals surface area contributed by atoms with Crippen LogP contribution in [0.5, 0.6) is 0 Å². The summed E-state index contributed by atoms with van der Waals surface area (Å²) in [6, 6.07) is 9.78. The molecular weight excluding hydrogens is 702 g/mol. The molecule has 0 nitrogen and oxygen atoms in total. The fraction of sp³-hybridized carbons (Fsp3) is 0.267. The first kappa shape index (κ1) is 35.2. The highest BCUT2D eigenvalue weighted by molar-refractivity contribution is 6.14. The zero-order valence-corrected chi connectivity index (χ0v) is 22.7. The second-order valence-electron chi connectivity index (χ2n) is 10.7. The first-order chi connectivity index (χ1) is 21.6. The molecule has 0 amide bonds. The quantitative estimate of drug-likeness (QED) is 0.121. The molecule has 5 rings (SSSR count). The Morgan fingerprint density at radius 2 is 0.562 bits per heavy atom. The van der Waals surface area contributed by atoms with E-state index in [9.17, 15) is 52.7 Å². The normalized spacial score (nSPS) is 14.9. The molecule has 0 unspecified atom stereocenters. The summed E-state index contributed by atoms with van der Waals surface area (Å²) < 4.78 is 258. The van der Waals surface area contributed by atoms with Crippen LogP contribution in [0.1, 0.15) is 11.1 Å². The molecule has 0 bridgehead atoms. The Balaban J connectivity index is 2.03. The number of hydrogen-bond acceptors (Lipinski definition) is 0. The summed E-state index contributed by atoms with van der Waals surface area (Å²) in [5.41, 5.74) is -4.80. The lowest BCUT2D eigenvalue weighted by Gasteiger charge is -2.40. The predicted octanol–water partition coefficient (Wildman–Crippen LogP) is 12.1. The van der Waals surface area contributed by atoms with Gasteiger partial charge in [0.15, 0.2) is 0 Å². The Kier molecular flexibility index (Phi) is 7.48. The molecule has 0 heterocycles. The number of rotatable bonds is 6. The van der Waals surface area contributed by atoms with Crippen molar-refractivity contribution in [2.75, 3.05) is 0 Å². The van der Waals surface area contributed by atoms with Gasteiger partial charge in [0, 0.05) is 11.1 Å². The van der Waals surface area contributed by atoms with Crippen LogP contribution in [0.25, 0.3) is 43.1 Å². The summed E-state index contributed by atoms with van der Waals surface area (Å²) in [6.45, 7) is 0. The maximum atomic E-state index is 16.1. The summed E-state index contributed by atoms with van der Waals surface area (Å²) in [7, 11) is 0. The molecule has 48 heavy (non-hydrogen) atoms. The predicted molar refractivity (Wildman–Crippen MR) is 136 cm³/mol. The van der Waals surface area contributed by atoms with Crippen molar-refractivity contribution < 1.29 is 79.0 Å². The Morgan fingerprint density at radius 3 is 0.833 bits per heavy atom. The highest BCUT2D eigenvalue weighted by Gasteiger charge is 2.91. The summed E-state index contributed by atoms with van der Waals surface area (Å²) in [5, 5.41) is -8.28. The van der Waals surface area contributed by atoms with Crippen molar-refractivity contribution in [1.29, 1.82) is 0 Å².